The number of thioether (sulfide) groups is 1. The molecule has 0 saturated carbocycles. The number of nitrogens with zero attached hydrogens (tertiary/aromatic N) is 1. The molecule has 0 atom stereocenters. The van der Waals surface area contributed by atoms with E-state index in [2.05, 4.69) is 0 Å². The number of hydrogen-bond donors (Lipinski definition) is 0. The Morgan fingerprint density at radius 3 is 2.35 bits per heavy atom. The van der Waals surface area contributed by atoms with Gasteiger partial charge in [0.2, 0.25) is 0 Å². The van der Waals surface area contributed by atoms with E-state index in [9.17, 15) is 18.0 Å². The summed E-state index contributed by atoms with van der Waals surface area (Å²) < 4.78 is 31.6. The van der Waals surface area contributed by atoms with Crippen LogP contribution in [0, 0.1) is 6.92 Å². The minimum Gasteiger partial charge on any atom is -0.378 e. The van der Waals surface area contributed by atoms with Crippen molar-refractivity contribution in [3.8, 4) is 5.75 Å². The van der Waals surface area contributed by atoms with Crippen LogP contribution in [0.4, 0.5) is 4.79 Å². The standard InChI is InChI=1S/C28H20ClNO5S2/c1-18-6-8-19(9-7-18)17-30-27(31)26(36-28(30)32)16-24-23-5-3-2-4-20(23)10-15-25(24)35-37(33,34)22-13-11-21(29)12-14-22/h2-16H,17H2,1H3/b26-16-. The van der Waals surface area contributed by atoms with Crippen molar-refractivity contribution in [3.05, 3.63) is 112 Å². The lowest BCUT2D eigenvalue weighted by Gasteiger charge is -2.13. The summed E-state index contributed by atoms with van der Waals surface area (Å²) in [5, 5.41) is 1.50. The molecule has 0 spiro atoms. The second-order valence-electron chi connectivity index (χ2n) is 8.44. The van der Waals surface area contributed by atoms with Gasteiger partial charge in [-0.25, -0.2) is 0 Å². The van der Waals surface area contributed by atoms with Crippen LogP contribution >= 0.6 is 23.4 Å². The van der Waals surface area contributed by atoms with Crippen molar-refractivity contribution in [2.75, 3.05) is 0 Å². The van der Waals surface area contributed by atoms with E-state index in [1.165, 1.54) is 41.3 Å². The third-order valence-electron chi connectivity index (χ3n) is 5.84. The van der Waals surface area contributed by atoms with Gasteiger partial charge in [-0.2, -0.15) is 8.42 Å². The number of benzene rings is 4. The summed E-state index contributed by atoms with van der Waals surface area (Å²) in [5.74, 6) is -0.408. The van der Waals surface area contributed by atoms with E-state index < -0.39 is 21.3 Å². The minimum absolute atomic E-state index is 0.0407. The van der Waals surface area contributed by atoms with E-state index in [0.29, 0.717) is 16.0 Å². The van der Waals surface area contributed by atoms with Crippen LogP contribution in [-0.2, 0) is 21.5 Å². The van der Waals surface area contributed by atoms with Crippen LogP contribution in [-0.4, -0.2) is 24.5 Å². The lowest BCUT2D eigenvalue weighted by molar-refractivity contribution is -0.123. The molecule has 0 aliphatic carbocycles. The van der Waals surface area contributed by atoms with Gasteiger partial charge in [0.1, 0.15) is 4.90 Å². The highest BCUT2D eigenvalue weighted by Gasteiger charge is 2.35. The molecule has 0 unspecified atom stereocenters. The van der Waals surface area contributed by atoms with Crippen molar-refractivity contribution < 1.29 is 22.2 Å². The molecule has 6 nitrogen and oxygen atoms in total. The van der Waals surface area contributed by atoms with Crippen LogP contribution < -0.4 is 4.18 Å². The third kappa shape index (κ3) is 5.27. The van der Waals surface area contributed by atoms with Gasteiger partial charge in [0.25, 0.3) is 11.1 Å². The van der Waals surface area contributed by atoms with E-state index in [1.54, 1.807) is 18.2 Å². The van der Waals surface area contributed by atoms with Crippen molar-refractivity contribution in [1.29, 1.82) is 0 Å². The molecule has 1 saturated heterocycles. The summed E-state index contributed by atoms with van der Waals surface area (Å²) in [4.78, 5) is 27.3. The number of carbonyl (C=O) groups is 2. The van der Waals surface area contributed by atoms with E-state index >= 15 is 0 Å². The molecule has 4 aromatic carbocycles. The molecule has 1 aliphatic heterocycles. The Labute approximate surface area is 223 Å². The first-order chi connectivity index (χ1) is 17.7. The Morgan fingerprint density at radius 2 is 1.62 bits per heavy atom. The first-order valence-electron chi connectivity index (χ1n) is 11.2. The average Bonchev–Trinajstić information content (AvgIpc) is 3.14. The predicted molar refractivity (Wildman–Crippen MR) is 146 cm³/mol. The lowest BCUT2D eigenvalue weighted by atomic mass is 10.0. The molecule has 0 bridgehead atoms. The quantitative estimate of drug-likeness (QED) is 0.194. The number of carbonyl (C=O) groups excluding carboxylic acids is 2. The Balaban J connectivity index is 1.53. The van der Waals surface area contributed by atoms with Gasteiger partial charge in [-0.1, -0.05) is 71.8 Å². The van der Waals surface area contributed by atoms with Crippen LogP contribution in [0.5, 0.6) is 5.75 Å². The van der Waals surface area contributed by atoms with E-state index in [1.807, 2.05) is 43.3 Å². The highest BCUT2D eigenvalue weighted by Crippen LogP contribution is 2.38. The normalized spacial score (nSPS) is 15.1. The lowest BCUT2D eigenvalue weighted by Crippen LogP contribution is -2.27. The maximum Gasteiger partial charge on any atom is 0.339 e. The molecule has 5 rings (SSSR count). The topological polar surface area (TPSA) is 80.8 Å². The molecular formula is C28H20ClNO5S2. The van der Waals surface area contributed by atoms with Crippen molar-refractivity contribution >= 4 is 61.5 Å². The van der Waals surface area contributed by atoms with E-state index in [0.717, 1.165) is 28.3 Å². The summed E-state index contributed by atoms with van der Waals surface area (Å²) in [7, 11) is -4.19. The first kappa shape index (κ1) is 25.1. The number of imide groups is 1. The number of fused-ring (bicyclic) bond motifs is 1. The van der Waals surface area contributed by atoms with Gasteiger partial charge >= 0.3 is 10.1 Å². The maximum atomic E-state index is 13.2. The Kier molecular flexibility index (Phi) is 6.81. The summed E-state index contributed by atoms with van der Waals surface area (Å²) in [6.07, 6.45) is 1.52. The molecular weight excluding hydrogens is 530 g/mol. The zero-order chi connectivity index (χ0) is 26.2. The van der Waals surface area contributed by atoms with Crippen LogP contribution in [0.15, 0.2) is 94.7 Å². The zero-order valence-corrected chi connectivity index (χ0v) is 21.9. The SMILES string of the molecule is Cc1ccc(CN2C(=O)S/C(=C\c3c(OS(=O)(=O)c4ccc(Cl)cc4)ccc4ccccc34)C2=O)cc1. The van der Waals surface area contributed by atoms with Crippen molar-refractivity contribution in [2.45, 2.75) is 18.4 Å². The fraction of sp³-hybridized carbons (Fsp3) is 0.0714. The van der Waals surface area contributed by atoms with Gasteiger partial charge in [0.15, 0.2) is 5.75 Å². The maximum absolute atomic E-state index is 13.2. The van der Waals surface area contributed by atoms with Gasteiger partial charge in [-0.3, -0.25) is 14.5 Å². The van der Waals surface area contributed by atoms with Crippen LogP contribution in [0.3, 0.4) is 0 Å². The van der Waals surface area contributed by atoms with E-state index in [-0.39, 0.29) is 22.1 Å². The number of aryl methyl sites for hydroxylation is 1. The molecule has 0 radical (unpaired) electrons. The summed E-state index contributed by atoms with van der Waals surface area (Å²) in [5.41, 5.74) is 2.30. The monoisotopic (exact) mass is 549 g/mol. The number of hydrogen-bond acceptors (Lipinski definition) is 6. The molecule has 186 valence electrons. The minimum atomic E-state index is -4.19. The number of amides is 2. The van der Waals surface area contributed by atoms with Gasteiger partial charge in [-0.05, 0) is 71.4 Å². The zero-order valence-electron chi connectivity index (χ0n) is 19.6. The van der Waals surface area contributed by atoms with E-state index in [4.69, 9.17) is 15.8 Å². The average molecular weight is 550 g/mol. The molecule has 1 heterocycles. The van der Waals surface area contributed by atoms with Crippen molar-refractivity contribution in [1.82, 2.24) is 4.90 Å². The molecule has 1 aliphatic rings. The van der Waals surface area contributed by atoms with Crippen LogP contribution in [0.1, 0.15) is 16.7 Å². The fourth-order valence-electron chi connectivity index (χ4n) is 3.91. The predicted octanol–water partition coefficient (Wildman–Crippen LogP) is 6.81. The van der Waals surface area contributed by atoms with Gasteiger partial charge < -0.3 is 4.18 Å². The first-order valence-corrected chi connectivity index (χ1v) is 13.8. The third-order valence-corrected chi connectivity index (χ3v) is 8.25. The Hall–Kier alpha value is -3.59. The molecule has 0 aromatic heterocycles. The second kappa shape index (κ2) is 10.0. The van der Waals surface area contributed by atoms with Crippen molar-refractivity contribution in [3.63, 3.8) is 0 Å². The largest absolute Gasteiger partial charge is 0.378 e. The van der Waals surface area contributed by atoms with Crippen LogP contribution in [0.2, 0.25) is 5.02 Å². The molecule has 0 N–H and O–H groups in total. The summed E-state index contributed by atoms with van der Waals surface area (Å²) >= 11 is 6.70. The Bertz CT molecular complexity index is 1660. The summed E-state index contributed by atoms with van der Waals surface area (Å²) in [6.45, 7) is 2.11. The van der Waals surface area contributed by atoms with Gasteiger partial charge in [0, 0.05) is 10.6 Å². The smallest absolute Gasteiger partial charge is 0.339 e. The highest BCUT2D eigenvalue weighted by atomic mass is 35.5. The highest BCUT2D eigenvalue weighted by molar-refractivity contribution is 8.18. The van der Waals surface area contributed by atoms with Crippen LogP contribution in [0.25, 0.3) is 16.8 Å². The number of halogens is 1. The second-order valence-corrected chi connectivity index (χ2v) is 11.4. The fourth-order valence-corrected chi connectivity index (χ4v) is 5.80. The number of rotatable bonds is 6. The summed E-state index contributed by atoms with van der Waals surface area (Å²) in [6, 6.07) is 23.8. The molecule has 37 heavy (non-hydrogen) atoms. The van der Waals surface area contributed by atoms with Gasteiger partial charge in [-0.15, -0.1) is 0 Å². The van der Waals surface area contributed by atoms with Crippen molar-refractivity contribution in [2.24, 2.45) is 0 Å². The molecule has 1 fully saturated rings. The molecule has 4 aromatic rings. The molecule has 9 heteroatoms. The van der Waals surface area contributed by atoms with Gasteiger partial charge in [0.05, 0.1) is 11.4 Å². The molecule has 2 amide bonds. The Morgan fingerprint density at radius 1 is 0.919 bits per heavy atom.